The van der Waals surface area contributed by atoms with Gasteiger partial charge in [-0.1, -0.05) is 27.7 Å². The van der Waals surface area contributed by atoms with Gasteiger partial charge in [-0.15, -0.1) is 0 Å². The van der Waals surface area contributed by atoms with E-state index in [9.17, 15) is 5.11 Å². The van der Waals surface area contributed by atoms with Gasteiger partial charge in [0.25, 0.3) is 0 Å². The smallest absolute Gasteiger partial charge is 0.0621 e. The first kappa shape index (κ1) is 11.0. The van der Waals surface area contributed by atoms with Gasteiger partial charge in [-0.3, -0.25) is 0 Å². The van der Waals surface area contributed by atoms with Crippen molar-refractivity contribution >= 4 is 0 Å². The minimum atomic E-state index is -0.112. The summed E-state index contributed by atoms with van der Waals surface area (Å²) in [5.74, 6) is 0. The Hall–Kier alpha value is -0.0800. The van der Waals surface area contributed by atoms with Gasteiger partial charge in [0, 0.05) is 17.5 Å². The molecule has 0 aromatic heterocycles. The fourth-order valence-electron chi connectivity index (χ4n) is 1.99. The van der Waals surface area contributed by atoms with Gasteiger partial charge >= 0.3 is 0 Å². The van der Waals surface area contributed by atoms with Gasteiger partial charge in [0.2, 0.25) is 0 Å². The van der Waals surface area contributed by atoms with Crippen LogP contribution in [-0.4, -0.2) is 23.3 Å². The highest BCUT2D eigenvalue weighted by molar-refractivity contribution is 5.02. The summed E-state index contributed by atoms with van der Waals surface area (Å²) in [6.07, 6.45) is 3.17. The lowest BCUT2D eigenvalue weighted by atomic mass is 9.64. The Labute approximate surface area is 81.7 Å². The van der Waals surface area contributed by atoms with E-state index in [4.69, 9.17) is 0 Å². The number of hydrogen-bond donors (Lipinski definition) is 2. The third-order valence-electron chi connectivity index (χ3n) is 3.64. The van der Waals surface area contributed by atoms with E-state index in [-0.39, 0.29) is 11.5 Å². The summed E-state index contributed by atoms with van der Waals surface area (Å²) < 4.78 is 0. The highest BCUT2D eigenvalue weighted by Crippen LogP contribution is 2.40. The van der Waals surface area contributed by atoms with Crippen LogP contribution in [0.4, 0.5) is 0 Å². The molecule has 0 amide bonds. The fourth-order valence-corrected chi connectivity index (χ4v) is 1.99. The number of aliphatic hydroxyl groups excluding tert-OH is 1. The molecule has 2 unspecified atom stereocenters. The van der Waals surface area contributed by atoms with Gasteiger partial charge in [-0.2, -0.15) is 0 Å². The molecule has 0 heterocycles. The monoisotopic (exact) mass is 185 g/mol. The van der Waals surface area contributed by atoms with Crippen molar-refractivity contribution in [2.45, 2.75) is 65.1 Å². The van der Waals surface area contributed by atoms with Gasteiger partial charge in [0.15, 0.2) is 0 Å². The van der Waals surface area contributed by atoms with Crippen molar-refractivity contribution in [3.63, 3.8) is 0 Å². The van der Waals surface area contributed by atoms with Crippen molar-refractivity contribution in [3.8, 4) is 0 Å². The van der Waals surface area contributed by atoms with Gasteiger partial charge in [0.1, 0.15) is 0 Å². The second-order valence-corrected chi connectivity index (χ2v) is 4.81. The summed E-state index contributed by atoms with van der Waals surface area (Å²) in [5, 5.41) is 13.2. The molecule has 0 aromatic carbocycles. The molecule has 0 spiro atoms. The lowest BCUT2D eigenvalue weighted by Gasteiger charge is -2.50. The molecule has 1 saturated carbocycles. The average Bonchev–Trinajstić information content (AvgIpc) is 2.12. The third kappa shape index (κ3) is 2.05. The standard InChI is InChI=1S/C11H23NO/c1-5-8(6-2)12-9-7-10(13)11(9,3)4/h8-10,12-13H,5-7H2,1-4H3. The Bertz CT molecular complexity index is 163. The van der Waals surface area contributed by atoms with Crippen molar-refractivity contribution in [1.29, 1.82) is 0 Å². The molecule has 1 rings (SSSR count). The quantitative estimate of drug-likeness (QED) is 0.701. The number of hydrogen-bond acceptors (Lipinski definition) is 2. The fraction of sp³-hybridized carbons (Fsp3) is 1.00. The Balaban J connectivity index is 2.39. The molecule has 78 valence electrons. The van der Waals surface area contributed by atoms with Crippen LogP contribution >= 0.6 is 0 Å². The van der Waals surface area contributed by atoms with E-state index >= 15 is 0 Å². The Morgan fingerprint density at radius 1 is 1.38 bits per heavy atom. The highest BCUT2D eigenvalue weighted by Gasteiger charge is 2.47. The molecule has 1 fully saturated rings. The lowest BCUT2D eigenvalue weighted by Crippen LogP contribution is -2.61. The molecule has 1 aliphatic carbocycles. The zero-order chi connectivity index (χ0) is 10.1. The van der Waals surface area contributed by atoms with E-state index in [2.05, 4.69) is 33.0 Å². The van der Waals surface area contributed by atoms with Crippen molar-refractivity contribution in [2.24, 2.45) is 5.41 Å². The van der Waals surface area contributed by atoms with Crippen LogP contribution < -0.4 is 5.32 Å². The lowest BCUT2D eigenvalue weighted by molar-refractivity contribution is -0.0761. The zero-order valence-electron chi connectivity index (χ0n) is 9.30. The van der Waals surface area contributed by atoms with Gasteiger partial charge in [-0.05, 0) is 19.3 Å². The van der Waals surface area contributed by atoms with Crippen molar-refractivity contribution in [2.75, 3.05) is 0 Å². The highest BCUT2D eigenvalue weighted by atomic mass is 16.3. The van der Waals surface area contributed by atoms with E-state index in [0.29, 0.717) is 12.1 Å². The molecular weight excluding hydrogens is 162 g/mol. The van der Waals surface area contributed by atoms with Crippen LogP contribution in [-0.2, 0) is 0 Å². The Kier molecular flexibility index (Phi) is 3.36. The summed E-state index contributed by atoms with van der Waals surface area (Å²) in [5.41, 5.74) is 0.0720. The second-order valence-electron chi connectivity index (χ2n) is 4.81. The van der Waals surface area contributed by atoms with Crippen LogP contribution in [0.5, 0.6) is 0 Å². The summed E-state index contributed by atoms with van der Waals surface area (Å²) in [7, 11) is 0. The van der Waals surface area contributed by atoms with E-state index in [1.807, 2.05) is 0 Å². The van der Waals surface area contributed by atoms with Crippen LogP contribution in [0.1, 0.15) is 47.0 Å². The molecule has 0 bridgehead atoms. The Morgan fingerprint density at radius 2 is 1.92 bits per heavy atom. The minimum absolute atomic E-state index is 0.0720. The summed E-state index contributed by atoms with van der Waals surface area (Å²) in [6, 6.07) is 1.13. The molecule has 0 saturated heterocycles. The number of rotatable bonds is 4. The van der Waals surface area contributed by atoms with E-state index in [1.165, 1.54) is 12.8 Å². The predicted molar refractivity (Wildman–Crippen MR) is 55.7 cm³/mol. The molecule has 2 atom stereocenters. The first-order chi connectivity index (χ1) is 6.02. The van der Waals surface area contributed by atoms with Gasteiger partial charge < -0.3 is 10.4 Å². The predicted octanol–water partition coefficient (Wildman–Crippen LogP) is 1.92. The SMILES string of the molecule is CCC(CC)NC1CC(O)C1(C)C. The van der Waals surface area contributed by atoms with E-state index in [0.717, 1.165) is 6.42 Å². The number of nitrogens with one attached hydrogen (secondary N) is 1. The minimum Gasteiger partial charge on any atom is -0.392 e. The summed E-state index contributed by atoms with van der Waals surface area (Å²) in [6.45, 7) is 8.70. The van der Waals surface area contributed by atoms with Crippen LogP contribution in [0.15, 0.2) is 0 Å². The largest absolute Gasteiger partial charge is 0.392 e. The maximum Gasteiger partial charge on any atom is 0.0621 e. The van der Waals surface area contributed by atoms with Crippen molar-refractivity contribution < 1.29 is 5.11 Å². The molecule has 2 N–H and O–H groups in total. The maximum absolute atomic E-state index is 9.56. The third-order valence-corrected chi connectivity index (χ3v) is 3.64. The second kappa shape index (κ2) is 3.97. The zero-order valence-corrected chi connectivity index (χ0v) is 9.30. The average molecular weight is 185 g/mol. The van der Waals surface area contributed by atoms with Crippen LogP contribution in [0.3, 0.4) is 0 Å². The summed E-state index contributed by atoms with van der Waals surface area (Å²) >= 11 is 0. The molecular formula is C11H23NO. The normalized spacial score (nSPS) is 31.8. The Morgan fingerprint density at radius 3 is 2.23 bits per heavy atom. The molecule has 1 aliphatic rings. The first-order valence-corrected chi connectivity index (χ1v) is 5.46. The molecule has 0 aliphatic heterocycles. The van der Waals surface area contributed by atoms with Crippen molar-refractivity contribution in [1.82, 2.24) is 5.32 Å². The van der Waals surface area contributed by atoms with Crippen molar-refractivity contribution in [3.05, 3.63) is 0 Å². The van der Waals surface area contributed by atoms with E-state index in [1.54, 1.807) is 0 Å². The van der Waals surface area contributed by atoms with Crippen LogP contribution in [0, 0.1) is 5.41 Å². The van der Waals surface area contributed by atoms with Crippen LogP contribution in [0.25, 0.3) is 0 Å². The molecule has 2 heteroatoms. The van der Waals surface area contributed by atoms with E-state index < -0.39 is 0 Å². The molecule has 2 nitrogen and oxygen atoms in total. The topological polar surface area (TPSA) is 32.3 Å². The first-order valence-electron chi connectivity index (χ1n) is 5.46. The molecule has 0 radical (unpaired) electrons. The maximum atomic E-state index is 9.56. The molecule has 13 heavy (non-hydrogen) atoms. The molecule has 0 aromatic rings. The number of aliphatic hydroxyl groups is 1. The summed E-state index contributed by atoms with van der Waals surface area (Å²) in [4.78, 5) is 0. The van der Waals surface area contributed by atoms with Gasteiger partial charge in [-0.25, -0.2) is 0 Å². The van der Waals surface area contributed by atoms with Gasteiger partial charge in [0.05, 0.1) is 6.10 Å². The van der Waals surface area contributed by atoms with Crippen LogP contribution in [0.2, 0.25) is 0 Å².